The third-order valence-electron chi connectivity index (χ3n) is 5.18. The number of para-hydroxylation sites is 1. The van der Waals surface area contributed by atoms with Gasteiger partial charge in [0, 0.05) is 18.8 Å². The molecule has 2 aromatic rings. The zero-order valence-corrected chi connectivity index (χ0v) is 16.0. The number of rotatable bonds is 3. The molecular weight excluding hydrogens is 326 g/mol. The molecule has 2 heterocycles. The van der Waals surface area contributed by atoms with Crippen LogP contribution in [0.3, 0.4) is 0 Å². The minimum atomic E-state index is -0.607. The summed E-state index contributed by atoms with van der Waals surface area (Å²) in [5.41, 5.74) is 3.60. The second kappa shape index (κ2) is 7.08. The van der Waals surface area contributed by atoms with Gasteiger partial charge in [-0.3, -0.25) is 4.79 Å². The van der Waals surface area contributed by atoms with Crippen molar-refractivity contribution in [2.75, 3.05) is 23.3 Å². The fourth-order valence-corrected chi connectivity index (χ4v) is 3.33. The van der Waals surface area contributed by atoms with E-state index in [2.05, 4.69) is 15.2 Å². The first-order valence-corrected chi connectivity index (χ1v) is 9.09. The van der Waals surface area contributed by atoms with E-state index in [9.17, 15) is 9.90 Å². The standard InChI is InChI=1S/C21H27N3O2/c1-14-6-5-7-15(2)18(14)23-20(25)19-16(3)8-9-17(22-19)24-12-10-21(4,26)11-13-24/h5-9,26H,10-13H2,1-4H3,(H,23,25). The lowest BCUT2D eigenvalue weighted by Gasteiger charge is -2.36. The first-order chi connectivity index (χ1) is 12.3. The molecule has 26 heavy (non-hydrogen) atoms. The molecule has 5 nitrogen and oxygen atoms in total. The Morgan fingerprint density at radius 3 is 2.31 bits per heavy atom. The number of nitrogens with zero attached hydrogens (tertiary/aromatic N) is 2. The molecule has 138 valence electrons. The van der Waals surface area contributed by atoms with Crippen molar-refractivity contribution in [3.8, 4) is 0 Å². The Labute approximate surface area is 155 Å². The van der Waals surface area contributed by atoms with E-state index in [0.717, 1.165) is 41.3 Å². The average Bonchev–Trinajstić information content (AvgIpc) is 2.59. The van der Waals surface area contributed by atoms with Gasteiger partial charge >= 0.3 is 0 Å². The van der Waals surface area contributed by atoms with Gasteiger partial charge in [-0.25, -0.2) is 4.98 Å². The molecule has 5 heteroatoms. The maximum absolute atomic E-state index is 12.8. The van der Waals surface area contributed by atoms with Crippen molar-refractivity contribution in [1.82, 2.24) is 4.98 Å². The monoisotopic (exact) mass is 353 g/mol. The predicted octanol–water partition coefficient (Wildman–Crippen LogP) is 3.61. The molecule has 1 aliphatic heterocycles. The first kappa shape index (κ1) is 18.4. The Morgan fingerprint density at radius 2 is 1.69 bits per heavy atom. The molecule has 2 N–H and O–H groups in total. The molecule has 0 radical (unpaired) electrons. The number of hydrogen-bond acceptors (Lipinski definition) is 4. The average molecular weight is 353 g/mol. The van der Waals surface area contributed by atoms with Crippen LogP contribution in [0.4, 0.5) is 11.5 Å². The fourth-order valence-electron chi connectivity index (χ4n) is 3.33. The minimum absolute atomic E-state index is 0.189. The Hall–Kier alpha value is -2.40. The van der Waals surface area contributed by atoms with Crippen LogP contribution in [-0.2, 0) is 0 Å². The van der Waals surface area contributed by atoms with Gasteiger partial charge < -0.3 is 15.3 Å². The van der Waals surface area contributed by atoms with Crippen molar-refractivity contribution in [2.24, 2.45) is 0 Å². The van der Waals surface area contributed by atoms with E-state index >= 15 is 0 Å². The summed E-state index contributed by atoms with van der Waals surface area (Å²) in [7, 11) is 0. The van der Waals surface area contributed by atoms with Crippen LogP contribution in [0, 0.1) is 20.8 Å². The van der Waals surface area contributed by atoms with Gasteiger partial charge in [0.05, 0.1) is 5.60 Å². The van der Waals surface area contributed by atoms with E-state index in [4.69, 9.17) is 0 Å². The van der Waals surface area contributed by atoms with Crippen molar-refractivity contribution in [3.05, 3.63) is 52.7 Å². The van der Waals surface area contributed by atoms with Gasteiger partial charge in [-0.15, -0.1) is 0 Å². The number of carbonyl (C=O) groups is 1. The fraction of sp³-hybridized carbons (Fsp3) is 0.429. The number of nitrogens with one attached hydrogen (secondary N) is 1. The van der Waals surface area contributed by atoms with E-state index in [1.54, 1.807) is 0 Å². The van der Waals surface area contributed by atoms with Crippen LogP contribution in [-0.4, -0.2) is 34.7 Å². The van der Waals surface area contributed by atoms with Gasteiger partial charge in [-0.2, -0.15) is 0 Å². The van der Waals surface area contributed by atoms with Crippen molar-refractivity contribution < 1.29 is 9.90 Å². The van der Waals surface area contributed by atoms with Crippen LogP contribution >= 0.6 is 0 Å². The third-order valence-corrected chi connectivity index (χ3v) is 5.18. The topological polar surface area (TPSA) is 65.5 Å². The number of benzene rings is 1. The van der Waals surface area contributed by atoms with Crippen molar-refractivity contribution in [1.29, 1.82) is 0 Å². The number of aryl methyl sites for hydroxylation is 3. The van der Waals surface area contributed by atoms with E-state index in [1.807, 2.05) is 58.0 Å². The molecule has 1 fully saturated rings. The highest BCUT2D eigenvalue weighted by Gasteiger charge is 2.28. The summed E-state index contributed by atoms with van der Waals surface area (Å²) in [6, 6.07) is 9.84. The molecule has 1 saturated heterocycles. The lowest BCUT2D eigenvalue weighted by Crippen LogP contribution is -2.42. The summed E-state index contributed by atoms with van der Waals surface area (Å²) in [4.78, 5) is 19.6. The third kappa shape index (κ3) is 3.88. The summed E-state index contributed by atoms with van der Waals surface area (Å²) in [5, 5.41) is 13.1. The summed E-state index contributed by atoms with van der Waals surface area (Å²) < 4.78 is 0. The largest absolute Gasteiger partial charge is 0.390 e. The highest BCUT2D eigenvalue weighted by Crippen LogP contribution is 2.26. The molecule has 1 aromatic heterocycles. The highest BCUT2D eigenvalue weighted by atomic mass is 16.3. The number of amides is 1. The Morgan fingerprint density at radius 1 is 1.08 bits per heavy atom. The highest BCUT2D eigenvalue weighted by molar-refractivity contribution is 6.04. The van der Waals surface area contributed by atoms with E-state index < -0.39 is 5.60 Å². The van der Waals surface area contributed by atoms with E-state index in [0.29, 0.717) is 18.5 Å². The zero-order valence-electron chi connectivity index (χ0n) is 16.0. The van der Waals surface area contributed by atoms with Gasteiger partial charge in [0.25, 0.3) is 5.91 Å². The molecular formula is C21H27N3O2. The summed E-state index contributed by atoms with van der Waals surface area (Å²) in [5.74, 6) is 0.600. The summed E-state index contributed by atoms with van der Waals surface area (Å²) in [6.07, 6.45) is 1.40. The molecule has 0 spiro atoms. The molecule has 0 bridgehead atoms. The molecule has 0 saturated carbocycles. The number of piperidine rings is 1. The second-order valence-corrected chi connectivity index (χ2v) is 7.54. The maximum atomic E-state index is 12.8. The summed E-state index contributed by atoms with van der Waals surface area (Å²) in [6.45, 7) is 9.22. The molecule has 1 amide bonds. The normalized spacial score (nSPS) is 16.4. The number of anilines is 2. The van der Waals surface area contributed by atoms with Gasteiger partial charge in [-0.05, 0) is 63.3 Å². The smallest absolute Gasteiger partial charge is 0.274 e. The SMILES string of the molecule is Cc1ccc(N2CCC(C)(O)CC2)nc1C(=O)Nc1c(C)cccc1C. The van der Waals surface area contributed by atoms with Crippen LogP contribution in [0.25, 0.3) is 0 Å². The molecule has 0 unspecified atom stereocenters. The van der Waals surface area contributed by atoms with Crippen molar-refractivity contribution in [3.63, 3.8) is 0 Å². The van der Waals surface area contributed by atoms with Gasteiger partial charge in [-0.1, -0.05) is 24.3 Å². The number of aliphatic hydroxyl groups is 1. The maximum Gasteiger partial charge on any atom is 0.274 e. The lowest BCUT2D eigenvalue weighted by molar-refractivity contribution is 0.0350. The predicted molar refractivity (Wildman–Crippen MR) is 105 cm³/mol. The van der Waals surface area contributed by atoms with Crippen LogP contribution in [0.5, 0.6) is 0 Å². The zero-order chi connectivity index (χ0) is 18.9. The van der Waals surface area contributed by atoms with Gasteiger partial charge in [0.15, 0.2) is 0 Å². The molecule has 1 aromatic carbocycles. The summed E-state index contributed by atoms with van der Waals surface area (Å²) >= 11 is 0. The van der Waals surface area contributed by atoms with E-state index in [-0.39, 0.29) is 5.91 Å². The number of aromatic nitrogens is 1. The molecule has 1 aliphatic rings. The van der Waals surface area contributed by atoms with Crippen LogP contribution < -0.4 is 10.2 Å². The first-order valence-electron chi connectivity index (χ1n) is 9.09. The Bertz CT molecular complexity index is 800. The van der Waals surface area contributed by atoms with Crippen molar-refractivity contribution in [2.45, 2.75) is 46.1 Å². The van der Waals surface area contributed by atoms with Crippen LogP contribution in [0.1, 0.15) is 46.9 Å². The van der Waals surface area contributed by atoms with Crippen LogP contribution in [0.2, 0.25) is 0 Å². The lowest BCUT2D eigenvalue weighted by atomic mass is 9.94. The minimum Gasteiger partial charge on any atom is -0.390 e. The Kier molecular flexibility index (Phi) is 5.01. The van der Waals surface area contributed by atoms with Crippen LogP contribution in [0.15, 0.2) is 30.3 Å². The number of pyridine rings is 1. The van der Waals surface area contributed by atoms with Gasteiger partial charge in [0.1, 0.15) is 11.5 Å². The number of hydrogen-bond donors (Lipinski definition) is 2. The second-order valence-electron chi connectivity index (χ2n) is 7.54. The number of carbonyl (C=O) groups excluding carboxylic acids is 1. The Balaban J connectivity index is 1.83. The molecule has 0 atom stereocenters. The van der Waals surface area contributed by atoms with E-state index in [1.165, 1.54) is 0 Å². The van der Waals surface area contributed by atoms with Crippen molar-refractivity contribution >= 4 is 17.4 Å². The van der Waals surface area contributed by atoms with Gasteiger partial charge in [0.2, 0.25) is 0 Å². The molecule has 3 rings (SSSR count). The quantitative estimate of drug-likeness (QED) is 0.885. The molecule has 0 aliphatic carbocycles.